The van der Waals surface area contributed by atoms with Crippen LogP contribution in [0.5, 0.6) is 5.75 Å². The van der Waals surface area contributed by atoms with Crippen molar-refractivity contribution in [3.63, 3.8) is 0 Å². The molecule has 0 saturated carbocycles. The first-order valence-electron chi connectivity index (χ1n) is 4.91. The van der Waals surface area contributed by atoms with Crippen molar-refractivity contribution >= 4 is 27.9 Å². The maximum absolute atomic E-state index is 5.55. The monoisotopic (exact) mass is 214 g/mol. The first-order chi connectivity index (χ1) is 7.79. The molecule has 0 aliphatic carbocycles. The average molecular weight is 214 g/mol. The van der Waals surface area contributed by atoms with Gasteiger partial charge in [-0.25, -0.2) is 0 Å². The number of nitrogens with zero attached hydrogens (tertiary/aromatic N) is 1. The van der Waals surface area contributed by atoms with E-state index in [1.165, 1.54) is 0 Å². The molecule has 0 atom stereocenters. The van der Waals surface area contributed by atoms with Gasteiger partial charge in [-0.3, -0.25) is 0 Å². The van der Waals surface area contributed by atoms with Crippen molar-refractivity contribution < 1.29 is 9.15 Å². The summed E-state index contributed by atoms with van der Waals surface area (Å²) in [7, 11) is 1.63. The predicted octanol–water partition coefficient (Wildman–Crippen LogP) is 2.57. The van der Waals surface area contributed by atoms with E-state index < -0.39 is 0 Å². The molecule has 4 nitrogen and oxygen atoms in total. The Balaban J connectivity index is 2.56. The maximum atomic E-state index is 5.55. The zero-order valence-electron chi connectivity index (χ0n) is 8.73. The van der Waals surface area contributed by atoms with Gasteiger partial charge in [0, 0.05) is 16.8 Å². The number of rotatable bonds is 1. The summed E-state index contributed by atoms with van der Waals surface area (Å²) in [5.41, 5.74) is 6.97. The van der Waals surface area contributed by atoms with E-state index in [1.807, 2.05) is 24.3 Å². The van der Waals surface area contributed by atoms with E-state index in [2.05, 4.69) is 4.98 Å². The van der Waals surface area contributed by atoms with E-state index in [4.69, 9.17) is 14.9 Å². The Morgan fingerprint density at radius 2 is 2.00 bits per heavy atom. The highest BCUT2D eigenvalue weighted by Gasteiger charge is 2.11. The van der Waals surface area contributed by atoms with Crippen LogP contribution >= 0.6 is 0 Å². The third-order valence-corrected chi connectivity index (χ3v) is 2.60. The molecule has 0 radical (unpaired) electrons. The minimum atomic E-state index is 0.174. The van der Waals surface area contributed by atoms with Gasteiger partial charge < -0.3 is 14.9 Å². The number of benzene rings is 2. The van der Waals surface area contributed by atoms with Crippen molar-refractivity contribution in [1.82, 2.24) is 4.98 Å². The van der Waals surface area contributed by atoms with Gasteiger partial charge >= 0.3 is 0 Å². The molecule has 1 heterocycles. The van der Waals surface area contributed by atoms with Crippen molar-refractivity contribution in [3.8, 4) is 5.75 Å². The highest BCUT2D eigenvalue weighted by molar-refractivity contribution is 6.07. The largest absolute Gasteiger partial charge is 0.496 e. The van der Waals surface area contributed by atoms with Crippen LogP contribution in [0, 0.1) is 0 Å². The summed E-state index contributed by atoms with van der Waals surface area (Å²) >= 11 is 0. The predicted molar refractivity (Wildman–Crippen MR) is 62.5 cm³/mol. The summed E-state index contributed by atoms with van der Waals surface area (Å²) in [4.78, 5) is 4.17. The Labute approximate surface area is 91.6 Å². The van der Waals surface area contributed by atoms with Crippen molar-refractivity contribution in [1.29, 1.82) is 0 Å². The van der Waals surface area contributed by atoms with Crippen molar-refractivity contribution in [2.24, 2.45) is 0 Å². The van der Waals surface area contributed by atoms with Crippen molar-refractivity contribution in [2.75, 3.05) is 12.8 Å². The highest BCUT2D eigenvalue weighted by atomic mass is 16.5. The molecule has 0 spiro atoms. The summed E-state index contributed by atoms with van der Waals surface area (Å²) in [6.07, 6.45) is 0. The fourth-order valence-corrected chi connectivity index (χ4v) is 1.91. The Kier molecular flexibility index (Phi) is 1.77. The molecule has 2 N–H and O–H groups in total. The number of oxazole rings is 1. The molecule has 16 heavy (non-hydrogen) atoms. The molecule has 80 valence electrons. The van der Waals surface area contributed by atoms with Crippen LogP contribution in [0.4, 0.5) is 6.01 Å². The van der Waals surface area contributed by atoms with Gasteiger partial charge in [0.05, 0.1) is 7.11 Å². The fraction of sp³-hybridized carbons (Fsp3) is 0.0833. The second kappa shape index (κ2) is 3.13. The summed E-state index contributed by atoms with van der Waals surface area (Å²) in [6, 6.07) is 9.85. The lowest BCUT2D eigenvalue weighted by molar-refractivity contribution is 0.419. The van der Waals surface area contributed by atoms with E-state index in [-0.39, 0.29) is 6.01 Å². The minimum absolute atomic E-state index is 0.174. The zero-order valence-corrected chi connectivity index (χ0v) is 8.73. The Hall–Kier alpha value is -2.23. The molecular weight excluding hydrogens is 204 g/mol. The third kappa shape index (κ3) is 1.13. The van der Waals surface area contributed by atoms with Gasteiger partial charge in [0.2, 0.25) is 0 Å². The molecule has 0 aliphatic heterocycles. The molecule has 1 aromatic heterocycles. The Morgan fingerprint density at radius 1 is 1.25 bits per heavy atom. The average Bonchev–Trinajstić information content (AvgIpc) is 2.68. The number of aromatic nitrogens is 1. The highest BCUT2D eigenvalue weighted by Crippen LogP contribution is 2.33. The molecule has 0 amide bonds. The van der Waals surface area contributed by atoms with E-state index in [0.29, 0.717) is 5.58 Å². The Bertz CT molecular complexity index is 673. The van der Waals surface area contributed by atoms with Crippen molar-refractivity contribution in [2.45, 2.75) is 0 Å². The SMILES string of the molecule is COc1cc2oc(N)nc2c2ccccc12. The second-order valence-corrected chi connectivity index (χ2v) is 3.52. The summed E-state index contributed by atoms with van der Waals surface area (Å²) < 4.78 is 10.6. The topological polar surface area (TPSA) is 61.3 Å². The summed E-state index contributed by atoms with van der Waals surface area (Å²) in [5.74, 6) is 0.763. The van der Waals surface area contributed by atoms with E-state index in [1.54, 1.807) is 13.2 Å². The van der Waals surface area contributed by atoms with Crippen LogP contribution in [-0.2, 0) is 0 Å². The number of ether oxygens (including phenoxy) is 1. The molecule has 0 fully saturated rings. The van der Waals surface area contributed by atoms with Gasteiger partial charge in [-0.2, -0.15) is 4.98 Å². The molecule has 0 unspecified atom stereocenters. The van der Waals surface area contributed by atoms with Crippen LogP contribution in [0.1, 0.15) is 0 Å². The second-order valence-electron chi connectivity index (χ2n) is 3.52. The van der Waals surface area contributed by atoms with Crippen LogP contribution in [0.3, 0.4) is 0 Å². The van der Waals surface area contributed by atoms with Crippen molar-refractivity contribution in [3.05, 3.63) is 30.3 Å². The van der Waals surface area contributed by atoms with Gasteiger partial charge in [0.15, 0.2) is 5.58 Å². The van der Waals surface area contributed by atoms with Crippen LogP contribution in [-0.4, -0.2) is 12.1 Å². The van der Waals surface area contributed by atoms with Crippen LogP contribution in [0.25, 0.3) is 21.9 Å². The van der Waals surface area contributed by atoms with Crippen LogP contribution < -0.4 is 10.5 Å². The zero-order chi connectivity index (χ0) is 11.1. The van der Waals surface area contributed by atoms with Gasteiger partial charge in [-0.15, -0.1) is 0 Å². The molecule has 0 saturated heterocycles. The number of hydrogen-bond acceptors (Lipinski definition) is 4. The number of methoxy groups -OCH3 is 1. The van der Waals surface area contributed by atoms with Crippen LogP contribution in [0.2, 0.25) is 0 Å². The van der Waals surface area contributed by atoms with Gasteiger partial charge in [0.1, 0.15) is 11.3 Å². The lowest BCUT2D eigenvalue weighted by Crippen LogP contribution is -1.85. The molecule has 2 aromatic carbocycles. The standard InChI is InChI=1S/C12H10N2O2/c1-15-9-6-10-11(14-12(13)16-10)8-5-3-2-4-7(8)9/h2-6H,1H3,(H2,13,14). The lowest BCUT2D eigenvalue weighted by atomic mass is 10.1. The fourth-order valence-electron chi connectivity index (χ4n) is 1.91. The molecular formula is C12H10N2O2. The number of nitrogen functional groups attached to an aromatic ring is 1. The molecule has 3 rings (SSSR count). The molecule has 0 aliphatic rings. The first-order valence-corrected chi connectivity index (χ1v) is 4.91. The quantitative estimate of drug-likeness (QED) is 0.676. The summed E-state index contributed by atoms with van der Waals surface area (Å²) in [5, 5.41) is 1.99. The normalized spacial score (nSPS) is 11.1. The van der Waals surface area contributed by atoms with Gasteiger partial charge in [0.25, 0.3) is 6.01 Å². The third-order valence-electron chi connectivity index (χ3n) is 2.60. The van der Waals surface area contributed by atoms with E-state index in [0.717, 1.165) is 22.0 Å². The maximum Gasteiger partial charge on any atom is 0.293 e. The summed E-state index contributed by atoms with van der Waals surface area (Å²) in [6.45, 7) is 0. The van der Waals surface area contributed by atoms with Gasteiger partial charge in [-0.05, 0) is 0 Å². The minimum Gasteiger partial charge on any atom is -0.496 e. The number of anilines is 1. The van der Waals surface area contributed by atoms with E-state index >= 15 is 0 Å². The number of fused-ring (bicyclic) bond motifs is 3. The van der Waals surface area contributed by atoms with E-state index in [9.17, 15) is 0 Å². The smallest absolute Gasteiger partial charge is 0.293 e. The molecule has 0 bridgehead atoms. The Morgan fingerprint density at radius 3 is 2.75 bits per heavy atom. The van der Waals surface area contributed by atoms with Gasteiger partial charge in [-0.1, -0.05) is 24.3 Å². The lowest BCUT2D eigenvalue weighted by Gasteiger charge is -2.04. The molecule has 3 aromatic rings. The first kappa shape index (κ1) is 9.03. The van der Waals surface area contributed by atoms with Crippen LogP contribution in [0.15, 0.2) is 34.7 Å². The number of hydrogen-bond donors (Lipinski definition) is 1. The number of nitrogens with two attached hydrogens (primary N) is 1. The molecule has 4 heteroatoms.